The second kappa shape index (κ2) is 6.50. The van der Waals surface area contributed by atoms with Gasteiger partial charge in [-0.2, -0.15) is 0 Å². The molecule has 21 heavy (non-hydrogen) atoms. The number of benzene rings is 1. The number of nitrogens with zero attached hydrogens (tertiary/aromatic N) is 3. The fourth-order valence-electron chi connectivity index (χ4n) is 1.63. The summed E-state index contributed by atoms with van der Waals surface area (Å²) in [5, 5.41) is 13.0. The Bertz CT molecular complexity index is 693. The van der Waals surface area contributed by atoms with Crippen LogP contribution in [0.1, 0.15) is 5.01 Å². The molecule has 8 heteroatoms. The van der Waals surface area contributed by atoms with Gasteiger partial charge in [-0.1, -0.05) is 11.3 Å². The largest absolute Gasteiger partial charge is 0.330 e. The number of rotatable bonds is 6. The van der Waals surface area contributed by atoms with E-state index in [0.29, 0.717) is 10.0 Å². The molecule has 0 amide bonds. The highest BCUT2D eigenvalue weighted by atomic mass is 32.2. The maximum atomic E-state index is 11.4. The van der Waals surface area contributed by atoms with Gasteiger partial charge in [-0.3, -0.25) is 0 Å². The Morgan fingerprint density at radius 1 is 1.19 bits per heavy atom. The lowest BCUT2D eigenvalue weighted by atomic mass is 10.3. The van der Waals surface area contributed by atoms with Crippen molar-refractivity contribution >= 4 is 32.0 Å². The van der Waals surface area contributed by atoms with Crippen LogP contribution in [0.5, 0.6) is 0 Å². The van der Waals surface area contributed by atoms with Crippen LogP contribution in [0.2, 0.25) is 0 Å². The van der Waals surface area contributed by atoms with Gasteiger partial charge in [-0.25, -0.2) is 8.42 Å². The number of nitrogens with one attached hydrogen (secondary N) is 1. The number of aromatic nitrogens is 2. The minimum atomic E-state index is -3.16. The van der Waals surface area contributed by atoms with Crippen molar-refractivity contribution < 1.29 is 8.42 Å². The molecule has 0 aliphatic heterocycles. The van der Waals surface area contributed by atoms with Crippen molar-refractivity contribution in [2.45, 2.75) is 11.3 Å². The first-order valence-electron chi connectivity index (χ1n) is 6.39. The molecule has 6 nitrogen and oxygen atoms in total. The van der Waals surface area contributed by atoms with E-state index in [0.717, 1.165) is 23.7 Å². The van der Waals surface area contributed by atoms with Crippen molar-refractivity contribution in [3.05, 3.63) is 29.3 Å². The van der Waals surface area contributed by atoms with E-state index in [9.17, 15) is 8.42 Å². The molecule has 0 bridgehead atoms. The lowest BCUT2D eigenvalue weighted by molar-refractivity contribution is 0.413. The van der Waals surface area contributed by atoms with E-state index >= 15 is 0 Å². The van der Waals surface area contributed by atoms with E-state index in [1.165, 1.54) is 17.6 Å². The van der Waals surface area contributed by atoms with Crippen LogP contribution >= 0.6 is 11.3 Å². The van der Waals surface area contributed by atoms with Crippen molar-refractivity contribution in [1.29, 1.82) is 0 Å². The third-order valence-electron chi connectivity index (χ3n) is 2.77. The molecule has 0 spiro atoms. The van der Waals surface area contributed by atoms with Crippen LogP contribution < -0.4 is 5.32 Å². The van der Waals surface area contributed by atoms with Gasteiger partial charge in [0.25, 0.3) is 0 Å². The molecule has 0 fully saturated rings. The van der Waals surface area contributed by atoms with E-state index in [2.05, 4.69) is 20.4 Å². The Hall–Kier alpha value is -1.51. The second-order valence-electron chi connectivity index (χ2n) is 4.98. The Kier molecular flexibility index (Phi) is 4.92. The van der Waals surface area contributed by atoms with Crippen molar-refractivity contribution in [1.82, 2.24) is 15.1 Å². The topological polar surface area (TPSA) is 75.2 Å². The summed E-state index contributed by atoms with van der Waals surface area (Å²) in [5.74, 6) is 0. The molecular formula is C13H18N4O2S2. The zero-order valence-electron chi connectivity index (χ0n) is 12.2. The van der Waals surface area contributed by atoms with Gasteiger partial charge < -0.3 is 10.2 Å². The molecule has 1 aromatic heterocycles. The first kappa shape index (κ1) is 15.9. The average Bonchev–Trinajstić information content (AvgIpc) is 2.83. The number of sulfone groups is 1. The smallest absolute Gasteiger partial charge is 0.210 e. The average molecular weight is 326 g/mol. The summed E-state index contributed by atoms with van der Waals surface area (Å²) in [6.07, 6.45) is 2.05. The quantitative estimate of drug-likeness (QED) is 0.872. The molecule has 114 valence electrons. The summed E-state index contributed by atoms with van der Waals surface area (Å²) >= 11 is 1.50. The minimum Gasteiger partial charge on any atom is -0.330 e. The van der Waals surface area contributed by atoms with E-state index in [4.69, 9.17) is 0 Å². The van der Waals surface area contributed by atoms with E-state index in [-0.39, 0.29) is 0 Å². The molecule has 0 radical (unpaired) electrons. The predicted molar refractivity (Wildman–Crippen MR) is 85.0 cm³/mol. The molecule has 0 saturated heterocycles. The van der Waals surface area contributed by atoms with Crippen molar-refractivity contribution in [2.24, 2.45) is 0 Å². The molecule has 1 aromatic carbocycles. The fraction of sp³-hybridized carbons (Fsp3) is 0.385. The van der Waals surface area contributed by atoms with Gasteiger partial charge in [0.15, 0.2) is 9.84 Å². The minimum absolute atomic E-state index is 0.303. The van der Waals surface area contributed by atoms with Gasteiger partial charge in [-0.15, -0.1) is 10.2 Å². The lowest BCUT2D eigenvalue weighted by Gasteiger charge is -2.06. The van der Waals surface area contributed by atoms with Crippen LogP contribution in [0.4, 0.5) is 10.8 Å². The second-order valence-corrected chi connectivity index (χ2v) is 8.05. The molecule has 0 unspecified atom stereocenters. The third-order valence-corrected chi connectivity index (χ3v) is 4.80. The number of anilines is 2. The third kappa shape index (κ3) is 4.76. The van der Waals surface area contributed by atoms with Crippen LogP contribution in [0, 0.1) is 0 Å². The molecule has 0 saturated carbocycles. The van der Waals surface area contributed by atoms with Crippen LogP contribution in [0.25, 0.3) is 0 Å². The molecule has 1 N–H and O–H groups in total. The summed E-state index contributed by atoms with van der Waals surface area (Å²) in [7, 11) is 0.873. The highest BCUT2D eigenvalue weighted by molar-refractivity contribution is 7.90. The maximum Gasteiger partial charge on any atom is 0.210 e. The molecular weight excluding hydrogens is 308 g/mol. The Labute approximate surface area is 128 Å². The summed E-state index contributed by atoms with van der Waals surface area (Å²) in [6.45, 7) is 0.928. The lowest BCUT2D eigenvalue weighted by Crippen LogP contribution is -2.14. The standard InChI is InChI=1S/C13H18N4O2S2/c1-17(2)9-8-12-15-16-13(20-12)14-10-4-6-11(7-5-10)21(3,18)19/h4-7H,8-9H2,1-3H3,(H,14,16). The first-order valence-corrected chi connectivity index (χ1v) is 9.09. The van der Waals surface area contributed by atoms with Crippen molar-refractivity contribution in [3.8, 4) is 0 Å². The molecule has 0 aliphatic carbocycles. The first-order chi connectivity index (χ1) is 9.84. The molecule has 0 aliphatic rings. The monoisotopic (exact) mass is 326 g/mol. The summed E-state index contributed by atoms with van der Waals surface area (Å²) < 4.78 is 22.8. The zero-order chi connectivity index (χ0) is 15.5. The van der Waals surface area contributed by atoms with Crippen LogP contribution in [0.15, 0.2) is 29.2 Å². The van der Waals surface area contributed by atoms with Crippen LogP contribution in [0.3, 0.4) is 0 Å². The van der Waals surface area contributed by atoms with Gasteiger partial charge >= 0.3 is 0 Å². The van der Waals surface area contributed by atoms with E-state index < -0.39 is 9.84 Å². The Morgan fingerprint density at radius 3 is 2.43 bits per heavy atom. The van der Waals surface area contributed by atoms with Crippen molar-refractivity contribution in [2.75, 3.05) is 32.2 Å². The predicted octanol–water partition coefficient (Wildman–Crippen LogP) is 1.79. The molecule has 2 rings (SSSR count). The molecule has 2 aromatic rings. The van der Waals surface area contributed by atoms with Gasteiger partial charge in [0.2, 0.25) is 5.13 Å². The summed E-state index contributed by atoms with van der Waals surface area (Å²) in [5.41, 5.74) is 0.790. The molecule has 0 atom stereocenters. The normalized spacial score (nSPS) is 11.8. The van der Waals surface area contributed by atoms with Crippen molar-refractivity contribution in [3.63, 3.8) is 0 Å². The van der Waals surface area contributed by atoms with Gasteiger partial charge in [-0.05, 0) is 38.4 Å². The summed E-state index contributed by atoms with van der Waals surface area (Å²) in [4.78, 5) is 2.40. The van der Waals surface area contributed by atoms with Gasteiger partial charge in [0, 0.05) is 24.9 Å². The Balaban J connectivity index is 2.02. The van der Waals surface area contributed by atoms with Gasteiger partial charge in [0.05, 0.1) is 4.90 Å². The highest BCUT2D eigenvalue weighted by Gasteiger charge is 2.08. The number of hydrogen-bond acceptors (Lipinski definition) is 7. The van der Waals surface area contributed by atoms with Crippen LogP contribution in [-0.4, -0.2) is 50.4 Å². The van der Waals surface area contributed by atoms with E-state index in [1.54, 1.807) is 24.3 Å². The number of likely N-dealkylation sites (N-methyl/N-ethyl adjacent to an activating group) is 1. The van der Waals surface area contributed by atoms with E-state index in [1.807, 2.05) is 14.1 Å². The van der Waals surface area contributed by atoms with Gasteiger partial charge in [0.1, 0.15) is 5.01 Å². The summed E-state index contributed by atoms with van der Waals surface area (Å²) in [6, 6.07) is 6.59. The fourth-order valence-corrected chi connectivity index (χ4v) is 3.01. The Morgan fingerprint density at radius 2 is 1.86 bits per heavy atom. The maximum absolute atomic E-state index is 11.4. The number of hydrogen-bond donors (Lipinski definition) is 1. The molecule has 1 heterocycles. The highest BCUT2D eigenvalue weighted by Crippen LogP contribution is 2.22. The van der Waals surface area contributed by atoms with Crippen LogP contribution in [-0.2, 0) is 16.3 Å². The SMILES string of the molecule is CN(C)CCc1nnc(Nc2ccc(S(C)(=O)=O)cc2)s1. The zero-order valence-corrected chi connectivity index (χ0v) is 13.8.